The van der Waals surface area contributed by atoms with Crippen LogP contribution in [0.3, 0.4) is 0 Å². The molecule has 0 fully saturated rings. The van der Waals surface area contributed by atoms with Gasteiger partial charge in [-0.15, -0.1) is 0 Å². The summed E-state index contributed by atoms with van der Waals surface area (Å²) in [6, 6.07) is 0. The molecule has 1 aromatic rings. The number of hydrogen-bond donors (Lipinski definition) is 2. The van der Waals surface area contributed by atoms with Gasteiger partial charge in [-0.1, -0.05) is 40.9 Å². The quantitative estimate of drug-likeness (QED) is 0.131. The van der Waals surface area contributed by atoms with Crippen LogP contribution < -0.4 is 0 Å². The van der Waals surface area contributed by atoms with Gasteiger partial charge < -0.3 is 29.0 Å². The van der Waals surface area contributed by atoms with Gasteiger partial charge in [0.2, 0.25) is 5.78 Å². The highest BCUT2D eigenvalue weighted by Crippen LogP contribution is 2.46. The highest BCUT2D eigenvalue weighted by Gasteiger charge is 2.44. The number of rotatable bonds is 13. The second kappa shape index (κ2) is 14.4. The van der Waals surface area contributed by atoms with Gasteiger partial charge in [0.15, 0.2) is 0 Å². The number of esters is 4. The number of nitrogens with zero attached hydrogens (tertiary/aromatic N) is 1. The fourth-order valence-electron chi connectivity index (χ4n) is 5.07. The van der Waals surface area contributed by atoms with E-state index in [-0.39, 0.29) is 88.8 Å². The van der Waals surface area contributed by atoms with Crippen molar-refractivity contribution in [1.82, 2.24) is 4.98 Å². The van der Waals surface area contributed by atoms with Gasteiger partial charge >= 0.3 is 23.9 Å². The third-order valence-electron chi connectivity index (χ3n) is 7.17. The summed E-state index contributed by atoms with van der Waals surface area (Å²) in [6.07, 6.45) is 0. The number of aliphatic hydroxyl groups is 1. The number of hydrogen-bond acceptors (Lipinski definition) is 11. The van der Waals surface area contributed by atoms with Crippen molar-refractivity contribution >= 4 is 40.9 Å². The van der Waals surface area contributed by atoms with E-state index in [4.69, 9.17) is 18.9 Å². The molecule has 2 heterocycles. The molecule has 0 spiro atoms. The Labute approximate surface area is 267 Å². The van der Waals surface area contributed by atoms with E-state index >= 15 is 0 Å². The van der Waals surface area contributed by atoms with Crippen molar-refractivity contribution in [3.05, 3.63) is 75.0 Å². The number of nitrogens with one attached hydrogen (secondary N) is 1. The van der Waals surface area contributed by atoms with Crippen LogP contribution in [0.25, 0.3) is 5.57 Å². The number of ketones is 1. The van der Waals surface area contributed by atoms with Crippen LogP contribution in [0.15, 0.2) is 57.5 Å². The fraction of sp³-hybridized carbons (Fsp3) is 0.412. The molecule has 12 heteroatoms. The van der Waals surface area contributed by atoms with Crippen LogP contribution in [0.5, 0.6) is 0 Å². The van der Waals surface area contributed by atoms with Crippen molar-refractivity contribution in [1.29, 1.82) is 0 Å². The van der Waals surface area contributed by atoms with Crippen LogP contribution in [0.1, 0.15) is 81.7 Å². The number of allylic oxidation sites excluding steroid dienone is 3. The van der Waals surface area contributed by atoms with Crippen LogP contribution >= 0.6 is 0 Å². The standard InChI is InChI=1S/C34H40N2O10/c1-15(2)21-23(33(41)45-13-11-43-31(39)17(5)6)19(9)35-27(21)25-29(37)26(30(25)38)28-22(16(3)4)24(20(10)36-28)34(42)46-14-12-44-32(40)18(7)8/h15-16,35,37H,5,7,11-14H2,1-4,6,8-10H3/b28-26-. The molecule has 0 saturated carbocycles. The van der Waals surface area contributed by atoms with Gasteiger partial charge in [-0.25, -0.2) is 19.2 Å². The highest BCUT2D eigenvalue weighted by atomic mass is 16.6. The molecule has 2 aliphatic rings. The Kier molecular flexibility index (Phi) is 11.1. The summed E-state index contributed by atoms with van der Waals surface area (Å²) in [5.41, 5.74) is 2.81. The molecule has 0 radical (unpaired) electrons. The number of aliphatic hydroxyl groups excluding tert-OH is 1. The average molecular weight is 637 g/mol. The lowest BCUT2D eigenvalue weighted by Crippen LogP contribution is -2.25. The molecule has 46 heavy (non-hydrogen) atoms. The fourth-order valence-corrected chi connectivity index (χ4v) is 5.07. The first-order chi connectivity index (χ1) is 21.5. The van der Waals surface area contributed by atoms with E-state index in [1.165, 1.54) is 13.8 Å². The molecule has 0 unspecified atom stereocenters. The number of H-pyrrole nitrogens is 1. The zero-order valence-corrected chi connectivity index (χ0v) is 27.5. The molecule has 1 aliphatic carbocycles. The zero-order valence-electron chi connectivity index (χ0n) is 27.5. The number of aryl methyl sites for hydroxylation is 1. The van der Waals surface area contributed by atoms with Crippen molar-refractivity contribution in [2.24, 2.45) is 10.9 Å². The van der Waals surface area contributed by atoms with E-state index in [0.717, 1.165) is 0 Å². The van der Waals surface area contributed by atoms with E-state index in [1.54, 1.807) is 13.8 Å². The first kappa shape index (κ1) is 35.5. The summed E-state index contributed by atoms with van der Waals surface area (Å²) in [7, 11) is 0. The van der Waals surface area contributed by atoms with Crippen molar-refractivity contribution in [2.45, 2.75) is 61.3 Å². The van der Waals surface area contributed by atoms with E-state index < -0.39 is 29.7 Å². The molecule has 246 valence electrons. The number of aromatic nitrogens is 1. The largest absolute Gasteiger partial charge is 0.506 e. The van der Waals surface area contributed by atoms with Crippen molar-refractivity contribution < 1.29 is 48.0 Å². The summed E-state index contributed by atoms with van der Waals surface area (Å²) in [5.74, 6) is -3.98. The van der Waals surface area contributed by atoms with Gasteiger partial charge in [-0.2, -0.15) is 0 Å². The minimum atomic E-state index is -0.706. The molecule has 2 N–H and O–H groups in total. The molecule has 12 nitrogen and oxygen atoms in total. The van der Waals surface area contributed by atoms with Crippen LogP contribution in [-0.2, 0) is 38.1 Å². The Hall–Kier alpha value is -5.00. The van der Waals surface area contributed by atoms with Crippen LogP contribution in [-0.4, -0.2) is 71.9 Å². The predicted octanol–water partition coefficient (Wildman–Crippen LogP) is 4.92. The van der Waals surface area contributed by atoms with Gasteiger partial charge in [-0.05, 0) is 50.7 Å². The lowest BCUT2D eigenvalue weighted by Gasteiger charge is -2.25. The average Bonchev–Trinajstić information content (AvgIpc) is 3.48. The normalized spacial score (nSPS) is 16.0. The molecule has 0 atom stereocenters. The van der Waals surface area contributed by atoms with Crippen LogP contribution in [0.2, 0.25) is 0 Å². The lowest BCUT2D eigenvalue weighted by molar-refractivity contribution is -0.147. The van der Waals surface area contributed by atoms with E-state index in [1.807, 2.05) is 27.7 Å². The Morgan fingerprint density at radius 1 is 0.804 bits per heavy atom. The third kappa shape index (κ3) is 7.11. The van der Waals surface area contributed by atoms with E-state index in [2.05, 4.69) is 23.1 Å². The first-order valence-electron chi connectivity index (χ1n) is 14.8. The maximum absolute atomic E-state index is 13.7. The van der Waals surface area contributed by atoms with Gasteiger partial charge in [0.05, 0.1) is 39.4 Å². The van der Waals surface area contributed by atoms with Gasteiger partial charge in [0.1, 0.15) is 32.2 Å². The molecule has 0 bridgehead atoms. The second-order valence-electron chi connectivity index (χ2n) is 11.6. The van der Waals surface area contributed by atoms with Crippen molar-refractivity contribution in [3.8, 4) is 0 Å². The van der Waals surface area contributed by atoms with Gasteiger partial charge in [-0.3, -0.25) is 9.79 Å². The highest BCUT2D eigenvalue weighted by molar-refractivity contribution is 6.40. The molecule has 1 aliphatic heterocycles. The van der Waals surface area contributed by atoms with Crippen LogP contribution in [0.4, 0.5) is 0 Å². The molecule has 0 amide bonds. The second-order valence-corrected chi connectivity index (χ2v) is 11.6. The monoisotopic (exact) mass is 636 g/mol. The summed E-state index contributed by atoms with van der Waals surface area (Å²) in [5, 5.41) is 11.3. The minimum absolute atomic E-state index is 0.0185. The Balaban J connectivity index is 1.94. The first-order valence-corrected chi connectivity index (χ1v) is 14.8. The number of ether oxygens (including phenoxy) is 4. The molecule has 3 rings (SSSR count). The molecule has 0 aromatic carbocycles. The maximum Gasteiger partial charge on any atom is 0.340 e. The molecule has 0 saturated heterocycles. The molecular weight excluding hydrogens is 596 g/mol. The number of aromatic amines is 1. The van der Waals surface area contributed by atoms with Gasteiger partial charge in [0.25, 0.3) is 0 Å². The van der Waals surface area contributed by atoms with E-state index in [9.17, 15) is 29.1 Å². The van der Waals surface area contributed by atoms with Gasteiger partial charge in [0, 0.05) is 16.8 Å². The minimum Gasteiger partial charge on any atom is -0.506 e. The maximum atomic E-state index is 13.7. The summed E-state index contributed by atoms with van der Waals surface area (Å²) < 4.78 is 20.6. The number of Topliss-reactive ketones (excluding diaryl/α,β-unsaturated/α-hetero) is 1. The van der Waals surface area contributed by atoms with Crippen molar-refractivity contribution in [3.63, 3.8) is 0 Å². The van der Waals surface area contributed by atoms with E-state index in [0.29, 0.717) is 22.5 Å². The Morgan fingerprint density at radius 3 is 1.76 bits per heavy atom. The predicted molar refractivity (Wildman–Crippen MR) is 169 cm³/mol. The summed E-state index contributed by atoms with van der Waals surface area (Å²) in [6.45, 7) is 19.8. The lowest BCUT2D eigenvalue weighted by atomic mass is 9.79. The summed E-state index contributed by atoms with van der Waals surface area (Å²) in [4.78, 5) is 70.6. The number of carbonyl (C=O) groups excluding carboxylic acids is 5. The summed E-state index contributed by atoms with van der Waals surface area (Å²) >= 11 is 0. The number of aliphatic imine (C=N–C) groups is 1. The SMILES string of the molecule is C=C(C)C(=O)OCCOC(=O)C1=C(C(C)C)/C(=C2/C(=O)C(c3[nH]c(C)c(C(=O)OCCOC(=O)C(=C)C)c3C(C)C)=C2O)N=C1C. The zero-order chi connectivity index (χ0) is 34.6. The number of carbonyl (C=O) groups is 5. The third-order valence-corrected chi connectivity index (χ3v) is 7.17. The Bertz CT molecular complexity index is 1660. The van der Waals surface area contributed by atoms with Crippen LogP contribution in [0, 0.1) is 12.8 Å². The Morgan fingerprint density at radius 2 is 1.30 bits per heavy atom. The van der Waals surface area contributed by atoms with Crippen molar-refractivity contribution in [2.75, 3.05) is 26.4 Å². The molecular formula is C34H40N2O10. The molecule has 1 aromatic heterocycles. The smallest absolute Gasteiger partial charge is 0.340 e. The topological polar surface area (TPSA) is 171 Å².